The molecule has 2 N–H and O–H groups in total. The number of anilines is 2. The van der Waals surface area contributed by atoms with Crippen LogP contribution in [0.2, 0.25) is 0 Å². The van der Waals surface area contributed by atoms with Gasteiger partial charge in [0.15, 0.2) is 0 Å². The van der Waals surface area contributed by atoms with Crippen molar-refractivity contribution >= 4 is 11.6 Å². The molecule has 0 aliphatic rings. The van der Waals surface area contributed by atoms with Crippen molar-refractivity contribution in [2.24, 2.45) is 0 Å². The van der Waals surface area contributed by atoms with Crippen LogP contribution in [0, 0.1) is 0 Å². The number of hydrogen-bond acceptors (Lipinski definition) is 5. The maximum Gasteiger partial charge on any atom is 0.135 e. The summed E-state index contributed by atoms with van der Waals surface area (Å²) in [5.74, 6) is 2.13. The predicted octanol–water partition coefficient (Wildman–Crippen LogP) is 1.95. The second-order valence-electron chi connectivity index (χ2n) is 4.59. The molecule has 0 saturated heterocycles. The molecule has 2 rings (SSSR count). The molecule has 2 aromatic rings. The summed E-state index contributed by atoms with van der Waals surface area (Å²) in [6, 6.07) is 1.92. The van der Waals surface area contributed by atoms with E-state index in [1.807, 2.05) is 24.0 Å². The van der Waals surface area contributed by atoms with Crippen molar-refractivity contribution in [2.45, 2.75) is 26.3 Å². The standard InChI is InChI=1S/C13H20N6/c1-10(2)11-12(14-3)16-9-17-13(11)15-6-8-19-7-4-5-18-19/h4-5,7,9-10H,6,8H2,1-3H3,(H2,14,15,16,17). The lowest BCUT2D eigenvalue weighted by molar-refractivity contribution is 0.636. The molecule has 0 aliphatic carbocycles. The van der Waals surface area contributed by atoms with E-state index in [2.05, 4.69) is 39.5 Å². The number of aromatic nitrogens is 4. The van der Waals surface area contributed by atoms with Crippen molar-refractivity contribution in [2.75, 3.05) is 24.2 Å². The van der Waals surface area contributed by atoms with Crippen molar-refractivity contribution < 1.29 is 0 Å². The second-order valence-corrected chi connectivity index (χ2v) is 4.59. The Morgan fingerprint density at radius 3 is 2.68 bits per heavy atom. The van der Waals surface area contributed by atoms with Gasteiger partial charge in [0.1, 0.15) is 18.0 Å². The zero-order chi connectivity index (χ0) is 13.7. The Balaban J connectivity index is 2.07. The van der Waals surface area contributed by atoms with Crippen LogP contribution in [0.4, 0.5) is 11.6 Å². The highest BCUT2D eigenvalue weighted by molar-refractivity contribution is 5.58. The van der Waals surface area contributed by atoms with E-state index in [0.29, 0.717) is 5.92 Å². The minimum absolute atomic E-state index is 0.357. The van der Waals surface area contributed by atoms with Crippen LogP contribution in [0.15, 0.2) is 24.8 Å². The molecular formula is C13H20N6. The monoisotopic (exact) mass is 260 g/mol. The van der Waals surface area contributed by atoms with Gasteiger partial charge in [0.25, 0.3) is 0 Å². The van der Waals surface area contributed by atoms with Gasteiger partial charge in [-0.25, -0.2) is 9.97 Å². The Labute approximate surface area is 113 Å². The van der Waals surface area contributed by atoms with Gasteiger partial charge in [-0.15, -0.1) is 0 Å². The maximum absolute atomic E-state index is 4.34. The minimum Gasteiger partial charge on any atom is -0.373 e. The molecule has 0 bridgehead atoms. The van der Waals surface area contributed by atoms with Crippen molar-refractivity contribution in [3.63, 3.8) is 0 Å². The Hall–Kier alpha value is -2.11. The quantitative estimate of drug-likeness (QED) is 0.831. The largest absolute Gasteiger partial charge is 0.373 e. The second kappa shape index (κ2) is 6.17. The zero-order valence-corrected chi connectivity index (χ0v) is 11.6. The van der Waals surface area contributed by atoms with Crippen LogP contribution in [0.5, 0.6) is 0 Å². The Bertz CT molecular complexity index is 506. The molecule has 19 heavy (non-hydrogen) atoms. The van der Waals surface area contributed by atoms with Crippen LogP contribution < -0.4 is 10.6 Å². The minimum atomic E-state index is 0.357. The fourth-order valence-electron chi connectivity index (χ4n) is 2.00. The van der Waals surface area contributed by atoms with Crippen LogP contribution in [0.25, 0.3) is 0 Å². The lowest BCUT2D eigenvalue weighted by Crippen LogP contribution is -2.14. The molecule has 0 aliphatic heterocycles. The van der Waals surface area contributed by atoms with Gasteiger partial charge in [-0.3, -0.25) is 4.68 Å². The van der Waals surface area contributed by atoms with E-state index < -0.39 is 0 Å². The third kappa shape index (κ3) is 3.21. The first-order valence-electron chi connectivity index (χ1n) is 6.46. The highest BCUT2D eigenvalue weighted by atomic mass is 15.3. The van der Waals surface area contributed by atoms with Crippen LogP contribution in [0.3, 0.4) is 0 Å². The Morgan fingerprint density at radius 1 is 1.26 bits per heavy atom. The van der Waals surface area contributed by atoms with Crippen molar-refractivity contribution in [1.82, 2.24) is 19.7 Å². The molecule has 0 radical (unpaired) electrons. The van der Waals surface area contributed by atoms with Gasteiger partial charge in [0.05, 0.1) is 6.54 Å². The van der Waals surface area contributed by atoms with Gasteiger partial charge >= 0.3 is 0 Å². The van der Waals surface area contributed by atoms with Gasteiger partial charge in [-0.2, -0.15) is 5.10 Å². The fraction of sp³-hybridized carbons (Fsp3) is 0.462. The van der Waals surface area contributed by atoms with Crippen molar-refractivity contribution in [1.29, 1.82) is 0 Å². The summed E-state index contributed by atoms with van der Waals surface area (Å²) in [5, 5.41) is 10.6. The van der Waals surface area contributed by atoms with Crippen LogP contribution in [-0.2, 0) is 6.54 Å². The molecule has 0 unspecified atom stereocenters. The molecule has 0 atom stereocenters. The van der Waals surface area contributed by atoms with E-state index in [1.54, 1.807) is 12.5 Å². The smallest absolute Gasteiger partial charge is 0.135 e. The van der Waals surface area contributed by atoms with E-state index in [9.17, 15) is 0 Å². The molecule has 2 aromatic heterocycles. The molecular weight excluding hydrogens is 240 g/mol. The molecule has 2 heterocycles. The average molecular weight is 260 g/mol. The number of rotatable bonds is 6. The normalized spacial score (nSPS) is 10.7. The summed E-state index contributed by atoms with van der Waals surface area (Å²) in [7, 11) is 1.88. The maximum atomic E-state index is 4.34. The summed E-state index contributed by atoms with van der Waals surface area (Å²) < 4.78 is 1.89. The fourth-order valence-corrected chi connectivity index (χ4v) is 2.00. The molecule has 0 spiro atoms. The first kappa shape index (κ1) is 13.3. The first-order chi connectivity index (χ1) is 9.22. The molecule has 102 valence electrons. The summed E-state index contributed by atoms with van der Waals surface area (Å²) in [5.41, 5.74) is 1.12. The lowest BCUT2D eigenvalue weighted by Gasteiger charge is -2.16. The van der Waals surface area contributed by atoms with Gasteiger partial charge < -0.3 is 10.6 Å². The van der Waals surface area contributed by atoms with Gasteiger partial charge in [-0.1, -0.05) is 13.8 Å². The van der Waals surface area contributed by atoms with Crippen molar-refractivity contribution in [3.05, 3.63) is 30.4 Å². The number of nitrogens with one attached hydrogen (secondary N) is 2. The number of hydrogen-bond donors (Lipinski definition) is 2. The summed E-state index contributed by atoms with van der Waals surface area (Å²) in [6.07, 6.45) is 5.31. The van der Waals surface area contributed by atoms with Crippen molar-refractivity contribution in [3.8, 4) is 0 Å². The SMILES string of the molecule is CNc1ncnc(NCCn2cccn2)c1C(C)C. The molecule has 6 nitrogen and oxygen atoms in total. The Morgan fingerprint density at radius 2 is 2.05 bits per heavy atom. The average Bonchev–Trinajstić information content (AvgIpc) is 2.91. The highest BCUT2D eigenvalue weighted by Crippen LogP contribution is 2.27. The molecule has 0 amide bonds. The summed E-state index contributed by atoms with van der Waals surface area (Å²) >= 11 is 0. The molecule has 0 saturated carbocycles. The van der Waals surface area contributed by atoms with E-state index >= 15 is 0 Å². The Kier molecular flexibility index (Phi) is 4.33. The van der Waals surface area contributed by atoms with Crippen LogP contribution in [-0.4, -0.2) is 33.3 Å². The summed E-state index contributed by atoms with van der Waals surface area (Å²) in [4.78, 5) is 8.59. The lowest BCUT2D eigenvalue weighted by atomic mass is 10.0. The van der Waals surface area contributed by atoms with Gasteiger partial charge in [0.2, 0.25) is 0 Å². The zero-order valence-electron chi connectivity index (χ0n) is 11.6. The first-order valence-corrected chi connectivity index (χ1v) is 6.46. The van der Waals surface area contributed by atoms with E-state index in [4.69, 9.17) is 0 Å². The van der Waals surface area contributed by atoms with E-state index in [-0.39, 0.29) is 0 Å². The molecule has 6 heteroatoms. The van der Waals surface area contributed by atoms with E-state index in [1.165, 1.54) is 0 Å². The highest BCUT2D eigenvalue weighted by Gasteiger charge is 2.13. The topological polar surface area (TPSA) is 67.7 Å². The third-order valence-electron chi connectivity index (χ3n) is 2.89. The molecule has 0 fully saturated rings. The van der Waals surface area contributed by atoms with Crippen LogP contribution in [0.1, 0.15) is 25.3 Å². The van der Waals surface area contributed by atoms with E-state index in [0.717, 1.165) is 30.3 Å². The summed E-state index contributed by atoms with van der Waals surface area (Å²) in [6.45, 7) is 5.86. The van der Waals surface area contributed by atoms with Gasteiger partial charge in [0, 0.05) is 31.5 Å². The molecule has 0 aromatic carbocycles. The predicted molar refractivity (Wildman–Crippen MR) is 76.4 cm³/mol. The van der Waals surface area contributed by atoms with Crippen LogP contribution >= 0.6 is 0 Å². The third-order valence-corrected chi connectivity index (χ3v) is 2.89. The van der Waals surface area contributed by atoms with Gasteiger partial charge in [-0.05, 0) is 12.0 Å². The number of nitrogens with zero attached hydrogens (tertiary/aromatic N) is 4.